The van der Waals surface area contributed by atoms with Gasteiger partial charge in [-0.3, -0.25) is 4.79 Å². The summed E-state index contributed by atoms with van der Waals surface area (Å²) < 4.78 is 1.84. The summed E-state index contributed by atoms with van der Waals surface area (Å²) in [6, 6.07) is 10.3. The van der Waals surface area contributed by atoms with Gasteiger partial charge in [-0.1, -0.05) is 35.5 Å². The largest absolute Gasteiger partial charge is 0.334 e. The average molecular weight is 313 g/mol. The Hall–Kier alpha value is -2.21. The molecule has 1 aromatic carbocycles. The van der Waals surface area contributed by atoms with Crippen LogP contribution in [0.15, 0.2) is 36.5 Å². The van der Waals surface area contributed by atoms with Crippen LogP contribution in [0.1, 0.15) is 47.9 Å². The van der Waals surface area contributed by atoms with E-state index < -0.39 is 0 Å². The van der Waals surface area contributed by atoms with E-state index >= 15 is 0 Å². The molecule has 1 fully saturated rings. The van der Waals surface area contributed by atoms with Gasteiger partial charge in [-0.2, -0.15) is 0 Å². The number of amides is 1. The van der Waals surface area contributed by atoms with Gasteiger partial charge in [0.15, 0.2) is 5.69 Å². The SMILES string of the molecule is CC(c1ccccc1)N(C)C(=O)c1cn(C2CCNCC2)nn1. The van der Waals surface area contributed by atoms with Crippen LogP contribution in [-0.2, 0) is 0 Å². The molecule has 23 heavy (non-hydrogen) atoms. The number of nitrogens with one attached hydrogen (secondary N) is 1. The molecule has 6 nitrogen and oxygen atoms in total. The van der Waals surface area contributed by atoms with Gasteiger partial charge < -0.3 is 10.2 Å². The Kier molecular flexibility index (Phi) is 4.71. The van der Waals surface area contributed by atoms with Gasteiger partial charge in [0.1, 0.15) is 0 Å². The minimum atomic E-state index is -0.0958. The van der Waals surface area contributed by atoms with Gasteiger partial charge in [0, 0.05) is 7.05 Å². The number of hydrogen-bond acceptors (Lipinski definition) is 4. The maximum absolute atomic E-state index is 12.7. The van der Waals surface area contributed by atoms with Crippen molar-refractivity contribution in [3.63, 3.8) is 0 Å². The van der Waals surface area contributed by atoms with Crippen LogP contribution in [0, 0.1) is 0 Å². The first-order chi connectivity index (χ1) is 11.2. The summed E-state index contributed by atoms with van der Waals surface area (Å²) in [5.74, 6) is -0.0958. The van der Waals surface area contributed by atoms with Gasteiger partial charge in [0.2, 0.25) is 0 Å². The normalized spacial score (nSPS) is 17.0. The van der Waals surface area contributed by atoms with Crippen LogP contribution in [0.2, 0.25) is 0 Å². The predicted octanol–water partition coefficient (Wildman–Crippen LogP) is 2.04. The minimum absolute atomic E-state index is 0.00673. The molecule has 0 spiro atoms. The molecule has 1 N–H and O–H groups in total. The van der Waals surface area contributed by atoms with Crippen molar-refractivity contribution in [2.24, 2.45) is 0 Å². The third-order valence-electron chi connectivity index (χ3n) is 4.60. The van der Waals surface area contributed by atoms with E-state index in [4.69, 9.17) is 0 Å². The molecule has 1 saturated heterocycles. The van der Waals surface area contributed by atoms with E-state index in [0.717, 1.165) is 31.5 Å². The molecule has 3 rings (SSSR count). The van der Waals surface area contributed by atoms with Crippen molar-refractivity contribution in [2.45, 2.75) is 31.8 Å². The summed E-state index contributed by atoms with van der Waals surface area (Å²) in [6.07, 6.45) is 3.83. The number of carbonyl (C=O) groups is 1. The van der Waals surface area contributed by atoms with Gasteiger partial charge in [0.25, 0.3) is 5.91 Å². The van der Waals surface area contributed by atoms with Gasteiger partial charge in [-0.05, 0) is 38.4 Å². The molecule has 2 aromatic rings. The second kappa shape index (κ2) is 6.91. The fraction of sp³-hybridized carbons (Fsp3) is 0.471. The molecule has 1 aliphatic rings. The standard InChI is InChI=1S/C17H23N5O/c1-13(14-6-4-3-5-7-14)21(2)17(23)16-12-22(20-19-16)15-8-10-18-11-9-15/h3-7,12-13,15,18H,8-11H2,1-2H3. The summed E-state index contributed by atoms with van der Waals surface area (Å²) in [5.41, 5.74) is 1.52. The van der Waals surface area contributed by atoms with Gasteiger partial charge >= 0.3 is 0 Å². The zero-order valence-electron chi connectivity index (χ0n) is 13.6. The summed E-state index contributed by atoms with van der Waals surface area (Å²) in [7, 11) is 1.81. The molecule has 2 heterocycles. The van der Waals surface area contributed by atoms with E-state index in [9.17, 15) is 4.79 Å². The number of aromatic nitrogens is 3. The maximum atomic E-state index is 12.7. The fourth-order valence-corrected chi connectivity index (χ4v) is 2.94. The van der Waals surface area contributed by atoms with Crippen molar-refractivity contribution < 1.29 is 4.79 Å². The van der Waals surface area contributed by atoms with Crippen molar-refractivity contribution in [1.82, 2.24) is 25.2 Å². The van der Waals surface area contributed by atoms with Crippen molar-refractivity contribution in [1.29, 1.82) is 0 Å². The molecule has 1 aliphatic heterocycles. The Balaban J connectivity index is 1.71. The van der Waals surface area contributed by atoms with Gasteiger partial charge in [0.05, 0.1) is 18.3 Å². The molecule has 1 amide bonds. The minimum Gasteiger partial charge on any atom is -0.334 e. The smallest absolute Gasteiger partial charge is 0.276 e. The molecule has 0 aliphatic carbocycles. The number of piperidine rings is 1. The second-order valence-corrected chi connectivity index (χ2v) is 6.07. The molecular weight excluding hydrogens is 290 g/mol. The lowest BCUT2D eigenvalue weighted by molar-refractivity contribution is 0.0736. The molecular formula is C17H23N5O. The fourth-order valence-electron chi connectivity index (χ4n) is 2.94. The Labute approximate surface area is 136 Å². The number of nitrogens with zero attached hydrogens (tertiary/aromatic N) is 4. The Morgan fingerprint density at radius 2 is 2.00 bits per heavy atom. The molecule has 122 valence electrons. The number of rotatable bonds is 4. The second-order valence-electron chi connectivity index (χ2n) is 6.07. The highest BCUT2D eigenvalue weighted by atomic mass is 16.2. The lowest BCUT2D eigenvalue weighted by Gasteiger charge is -2.24. The quantitative estimate of drug-likeness (QED) is 0.938. The zero-order valence-corrected chi connectivity index (χ0v) is 13.6. The Bertz CT molecular complexity index is 648. The van der Waals surface area contributed by atoms with E-state index in [2.05, 4.69) is 15.6 Å². The highest BCUT2D eigenvalue weighted by Gasteiger charge is 2.23. The molecule has 1 aromatic heterocycles. The summed E-state index contributed by atoms with van der Waals surface area (Å²) in [4.78, 5) is 14.4. The molecule has 6 heteroatoms. The maximum Gasteiger partial charge on any atom is 0.276 e. The van der Waals surface area contributed by atoms with Crippen LogP contribution in [0.4, 0.5) is 0 Å². The third kappa shape index (κ3) is 3.42. The summed E-state index contributed by atoms with van der Waals surface area (Å²) in [6.45, 7) is 3.99. The van der Waals surface area contributed by atoms with E-state index in [1.807, 2.05) is 49.0 Å². The highest BCUT2D eigenvalue weighted by Crippen LogP contribution is 2.21. The van der Waals surface area contributed by atoms with Crippen molar-refractivity contribution in [3.8, 4) is 0 Å². The lowest BCUT2D eigenvalue weighted by atomic mass is 10.1. The van der Waals surface area contributed by atoms with Crippen molar-refractivity contribution >= 4 is 5.91 Å². The van der Waals surface area contributed by atoms with E-state index in [1.165, 1.54) is 0 Å². The summed E-state index contributed by atoms with van der Waals surface area (Å²) >= 11 is 0. The third-order valence-corrected chi connectivity index (χ3v) is 4.60. The molecule has 0 bridgehead atoms. The first-order valence-corrected chi connectivity index (χ1v) is 8.11. The molecule has 0 saturated carbocycles. The van der Waals surface area contributed by atoms with Crippen LogP contribution in [0.25, 0.3) is 0 Å². The first-order valence-electron chi connectivity index (χ1n) is 8.11. The van der Waals surface area contributed by atoms with Crippen LogP contribution in [-0.4, -0.2) is 45.9 Å². The Morgan fingerprint density at radius 1 is 1.30 bits per heavy atom. The lowest BCUT2D eigenvalue weighted by Crippen LogP contribution is -2.30. The molecule has 1 unspecified atom stereocenters. The Morgan fingerprint density at radius 3 is 2.70 bits per heavy atom. The van der Waals surface area contributed by atoms with Crippen molar-refractivity contribution in [3.05, 3.63) is 47.8 Å². The zero-order chi connectivity index (χ0) is 16.2. The van der Waals surface area contributed by atoms with Crippen LogP contribution in [0.5, 0.6) is 0 Å². The van der Waals surface area contributed by atoms with E-state index in [-0.39, 0.29) is 11.9 Å². The summed E-state index contributed by atoms with van der Waals surface area (Å²) in [5, 5.41) is 11.6. The monoisotopic (exact) mass is 313 g/mol. The van der Waals surface area contributed by atoms with Gasteiger partial charge in [-0.25, -0.2) is 4.68 Å². The highest BCUT2D eigenvalue weighted by molar-refractivity contribution is 5.92. The predicted molar refractivity (Wildman–Crippen MR) is 88.1 cm³/mol. The molecule has 0 radical (unpaired) electrons. The number of benzene rings is 1. The van der Waals surface area contributed by atoms with E-state index in [0.29, 0.717) is 11.7 Å². The van der Waals surface area contributed by atoms with Crippen LogP contribution in [0.3, 0.4) is 0 Å². The number of hydrogen-bond donors (Lipinski definition) is 1. The van der Waals surface area contributed by atoms with E-state index in [1.54, 1.807) is 11.1 Å². The average Bonchev–Trinajstić information content (AvgIpc) is 3.11. The van der Waals surface area contributed by atoms with Crippen molar-refractivity contribution in [2.75, 3.05) is 20.1 Å². The first kappa shape index (κ1) is 15.7. The van der Waals surface area contributed by atoms with Crippen LogP contribution >= 0.6 is 0 Å². The van der Waals surface area contributed by atoms with Gasteiger partial charge in [-0.15, -0.1) is 5.10 Å². The van der Waals surface area contributed by atoms with Crippen LogP contribution < -0.4 is 5.32 Å². The topological polar surface area (TPSA) is 63.1 Å². The molecule has 1 atom stereocenters. The number of carbonyl (C=O) groups excluding carboxylic acids is 1.